The molecule has 27 heavy (non-hydrogen) atoms. The fraction of sp³-hybridized carbons (Fsp3) is 0.294. The van der Waals surface area contributed by atoms with Crippen molar-refractivity contribution in [1.82, 2.24) is 4.31 Å². The van der Waals surface area contributed by atoms with Crippen molar-refractivity contribution in [2.75, 3.05) is 20.2 Å². The van der Waals surface area contributed by atoms with Gasteiger partial charge in [0, 0.05) is 7.05 Å². The predicted molar refractivity (Wildman–Crippen MR) is 89.3 cm³/mol. The van der Waals surface area contributed by atoms with Crippen molar-refractivity contribution in [3.63, 3.8) is 0 Å². The van der Waals surface area contributed by atoms with Crippen molar-refractivity contribution in [2.24, 2.45) is 0 Å². The van der Waals surface area contributed by atoms with Crippen LogP contribution in [0.25, 0.3) is 0 Å². The van der Waals surface area contributed by atoms with Crippen molar-refractivity contribution in [2.45, 2.75) is 17.4 Å². The maximum absolute atomic E-state index is 12.6. The fourth-order valence-corrected chi connectivity index (χ4v) is 3.73. The zero-order valence-corrected chi connectivity index (χ0v) is 15.0. The van der Waals surface area contributed by atoms with E-state index in [-0.39, 0.29) is 18.0 Å². The summed E-state index contributed by atoms with van der Waals surface area (Å²) < 4.78 is 77.9. The average Bonchev–Trinajstić information content (AvgIpc) is 2.60. The van der Waals surface area contributed by atoms with Crippen LogP contribution in [0.1, 0.15) is 0 Å². The molecule has 0 aliphatic carbocycles. The number of halogens is 3. The zero-order chi connectivity index (χ0) is 19.7. The summed E-state index contributed by atoms with van der Waals surface area (Å²) in [6.45, 7) is 0.187. The fourth-order valence-electron chi connectivity index (χ4n) is 2.53. The van der Waals surface area contributed by atoms with Crippen LogP contribution in [0.15, 0.2) is 53.4 Å². The number of likely N-dealkylation sites (N-methyl/N-ethyl adjacent to an activating group) is 1. The molecule has 3 rings (SSSR count). The smallest absolute Gasteiger partial charge is 0.486 e. The maximum Gasteiger partial charge on any atom is 0.573 e. The van der Waals surface area contributed by atoms with Gasteiger partial charge in [0.1, 0.15) is 18.5 Å². The Morgan fingerprint density at radius 3 is 2.37 bits per heavy atom. The number of hydrogen-bond donors (Lipinski definition) is 0. The molecule has 0 fully saturated rings. The summed E-state index contributed by atoms with van der Waals surface area (Å²) in [6.07, 6.45) is -5.36. The second-order valence-electron chi connectivity index (χ2n) is 5.80. The minimum Gasteiger partial charge on any atom is -0.486 e. The van der Waals surface area contributed by atoms with Crippen LogP contribution in [0.5, 0.6) is 17.2 Å². The largest absolute Gasteiger partial charge is 0.573 e. The highest BCUT2D eigenvalue weighted by atomic mass is 32.2. The molecule has 2 aromatic rings. The lowest BCUT2D eigenvalue weighted by molar-refractivity contribution is -0.274. The summed E-state index contributed by atoms with van der Waals surface area (Å²) in [6, 6.07) is 11.0. The Balaban J connectivity index is 1.68. The molecule has 0 saturated heterocycles. The molecule has 1 aliphatic rings. The SMILES string of the molecule is CN(C[C@H]1COc2ccccc2O1)S(=O)(=O)c1ccc(OC(F)(F)F)cc1. The van der Waals surface area contributed by atoms with Gasteiger partial charge in [0.05, 0.1) is 11.4 Å². The third-order valence-corrected chi connectivity index (χ3v) is 5.63. The average molecular weight is 403 g/mol. The molecule has 0 unspecified atom stereocenters. The molecule has 1 atom stereocenters. The van der Waals surface area contributed by atoms with E-state index in [0.717, 1.165) is 28.6 Å². The highest BCUT2D eigenvalue weighted by molar-refractivity contribution is 7.89. The van der Waals surface area contributed by atoms with Gasteiger partial charge in [0.25, 0.3) is 0 Å². The summed E-state index contributed by atoms with van der Waals surface area (Å²) in [5.74, 6) is 0.609. The third kappa shape index (κ3) is 4.64. The van der Waals surface area contributed by atoms with Gasteiger partial charge in [-0.1, -0.05) is 12.1 Å². The first-order chi connectivity index (χ1) is 12.6. The minimum atomic E-state index is -4.84. The normalized spacial score (nSPS) is 17.0. The molecule has 1 heterocycles. The van der Waals surface area contributed by atoms with Crippen molar-refractivity contribution in [3.05, 3.63) is 48.5 Å². The molecule has 2 aromatic carbocycles. The zero-order valence-electron chi connectivity index (χ0n) is 14.1. The molecular formula is C17H16F3NO5S. The number of ether oxygens (including phenoxy) is 3. The molecule has 0 N–H and O–H groups in total. The Morgan fingerprint density at radius 2 is 1.74 bits per heavy atom. The van der Waals surface area contributed by atoms with Gasteiger partial charge in [-0.15, -0.1) is 13.2 Å². The summed E-state index contributed by atoms with van der Waals surface area (Å²) in [4.78, 5) is -0.156. The van der Waals surface area contributed by atoms with E-state index in [9.17, 15) is 21.6 Å². The lowest BCUT2D eigenvalue weighted by Gasteiger charge is -2.29. The van der Waals surface area contributed by atoms with Crippen molar-refractivity contribution >= 4 is 10.0 Å². The summed E-state index contributed by atoms with van der Waals surface area (Å²) in [5, 5.41) is 0. The van der Waals surface area contributed by atoms with Gasteiger partial charge in [0.15, 0.2) is 11.5 Å². The lowest BCUT2D eigenvalue weighted by Crippen LogP contribution is -2.41. The van der Waals surface area contributed by atoms with Crippen LogP contribution in [-0.4, -0.2) is 45.4 Å². The second kappa shape index (κ2) is 7.28. The van der Waals surface area contributed by atoms with Crippen LogP contribution in [0, 0.1) is 0 Å². The van der Waals surface area contributed by atoms with E-state index >= 15 is 0 Å². The number of alkyl halides is 3. The van der Waals surface area contributed by atoms with Gasteiger partial charge in [-0.3, -0.25) is 0 Å². The first-order valence-electron chi connectivity index (χ1n) is 7.86. The topological polar surface area (TPSA) is 65.1 Å². The van der Waals surface area contributed by atoms with Gasteiger partial charge < -0.3 is 14.2 Å². The number of rotatable bonds is 5. The molecular weight excluding hydrogens is 387 g/mol. The van der Waals surface area contributed by atoms with Gasteiger partial charge in [-0.05, 0) is 36.4 Å². The first kappa shape index (κ1) is 19.3. The molecule has 0 amide bonds. The van der Waals surface area contributed by atoms with E-state index in [0.29, 0.717) is 11.5 Å². The standard InChI is InChI=1S/C17H16F3NO5S/c1-21(10-13-11-24-15-4-2-3-5-16(15)25-13)27(22,23)14-8-6-12(7-9-14)26-17(18,19)20/h2-9,13H,10-11H2,1H3/t13-/m0/s1. The monoisotopic (exact) mass is 403 g/mol. The van der Waals surface area contributed by atoms with E-state index in [2.05, 4.69) is 4.74 Å². The lowest BCUT2D eigenvalue weighted by atomic mass is 10.2. The summed E-state index contributed by atoms with van der Waals surface area (Å²) in [5.41, 5.74) is 0. The van der Waals surface area contributed by atoms with Crippen molar-refractivity contribution in [1.29, 1.82) is 0 Å². The number of benzene rings is 2. The number of para-hydroxylation sites is 2. The molecule has 0 aromatic heterocycles. The van der Waals surface area contributed by atoms with Crippen molar-refractivity contribution in [3.8, 4) is 17.2 Å². The molecule has 0 bridgehead atoms. The van der Waals surface area contributed by atoms with Crippen LogP contribution < -0.4 is 14.2 Å². The molecule has 0 spiro atoms. The van der Waals surface area contributed by atoms with Crippen LogP contribution >= 0.6 is 0 Å². The molecule has 1 aliphatic heterocycles. The van der Waals surface area contributed by atoms with E-state index in [1.165, 1.54) is 7.05 Å². The number of nitrogens with zero attached hydrogens (tertiary/aromatic N) is 1. The molecule has 6 nitrogen and oxygen atoms in total. The highest BCUT2D eigenvalue weighted by Crippen LogP contribution is 2.31. The second-order valence-corrected chi connectivity index (χ2v) is 7.85. The highest BCUT2D eigenvalue weighted by Gasteiger charge is 2.32. The van der Waals surface area contributed by atoms with Gasteiger partial charge in [0.2, 0.25) is 10.0 Å². The molecule has 0 saturated carbocycles. The molecule has 10 heteroatoms. The maximum atomic E-state index is 12.6. The minimum absolute atomic E-state index is 0.0114. The van der Waals surface area contributed by atoms with Crippen LogP contribution in [0.4, 0.5) is 13.2 Å². The van der Waals surface area contributed by atoms with E-state index in [4.69, 9.17) is 9.47 Å². The Morgan fingerprint density at radius 1 is 1.11 bits per heavy atom. The van der Waals surface area contributed by atoms with E-state index < -0.39 is 28.2 Å². The number of fused-ring (bicyclic) bond motifs is 1. The van der Waals surface area contributed by atoms with Gasteiger partial charge in [-0.2, -0.15) is 4.31 Å². The third-order valence-electron chi connectivity index (χ3n) is 3.79. The molecule has 0 radical (unpaired) electrons. The Labute approximate surface area is 154 Å². The van der Waals surface area contributed by atoms with Crippen LogP contribution in [-0.2, 0) is 10.0 Å². The first-order valence-corrected chi connectivity index (χ1v) is 9.30. The summed E-state index contributed by atoms with van der Waals surface area (Å²) in [7, 11) is -2.55. The number of sulfonamides is 1. The van der Waals surface area contributed by atoms with Gasteiger partial charge >= 0.3 is 6.36 Å². The van der Waals surface area contributed by atoms with E-state index in [1.54, 1.807) is 24.3 Å². The Bertz CT molecular complexity index is 900. The Kier molecular flexibility index (Phi) is 5.20. The quantitative estimate of drug-likeness (QED) is 0.768. The number of hydrogen-bond acceptors (Lipinski definition) is 5. The van der Waals surface area contributed by atoms with Crippen LogP contribution in [0.3, 0.4) is 0 Å². The van der Waals surface area contributed by atoms with Gasteiger partial charge in [-0.25, -0.2) is 8.42 Å². The molecule has 146 valence electrons. The van der Waals surface area contributed by atoms with E-state index in [1.807, 2.05) is 0 Å². The van der Waals surface area contributed by atoms with Crippen molar-refractivity contribution < 1.29 is 35.8 Å². The predicted octanol–water partition coefficient (Wildman–Crippen LogP) is 3.05. The Hall–Kier alpha value is -2.46. The van der Waals surface area contributed by atoms with Crippen LogP contribution in [0.2, 0.25) is 0 Å². The summed E-state index contributed by atoms with van der Waals surface area (Å²) >= 11 is 0.